The van der Waals surface area contributed by atoms with Crippen LogP contribution in [-0.4, -0.2) is 46.6 Å². The van der Waals surface area contributed by atoms with E-state index in [0.29, 0.717) is 29.5 Å². The van der Waals surface area contributed by atoms with Gasteiger partial charge in [0, 0.05) is 38.1 Å². The molecule has 0 spiro atoms. The van der Waals surface area contributed by atoms with Crippen LogP contribution < -0.4 is 5.32 Å². The van der Waals surface area contributed by atoms with Crippen LogP contribution in [0.5, 0.6) is 0 Å². The van der Waals surface area contributed by atoms with Crippen molar-refractivity contribution in [1.29, 1.82) is 0 Å². The summed E-state index contributed by atoms with van der Waals surface area (Å²) in [5.41, 5.74) is 4.13. The molecule has 4 heterocycles. The van der Waals surface area contributed by atoms with Crippen LogP contribution in [0.15, 0.2) is 29.0 Å². The van der Waals surface area contributed by atoms with Crippen LogP contribution in [-0.2, 0) is 13.1 Å². The highest BCUT2D eigenvalue weighted by molar-refractivity contribution is 9.10. The lowest BCUT2D eigenvalue weighted by atomic mass is 10.3. The molecule has 0 aliphatic heterocycles. The molecule has 0 atom stereocenters. The third-order valence-corrected chi connectivity index (χ3v) is 6.13. The predicted molar refractivity (Wildman–Crippen MR) is 121 cm³/mol. The number of rotatable bonds is 7. The molecule has 4 aromatic rings. The molecule has 0 bridgehead atoms. The molecule has 0 radical (unpaired) electrons. The lowest BCUT2D eigenvalue weighted by Gasteiger charge is -2.05. The SMILES string of the molecule is CCn1cc(Br)c(-c2ccnc3cc(C(=O)NCCCn4nc(C)c(Cl)c4C)nn23)n1. The molecule has 1 N–H and O–H groups in total. The van der Waals surface area contributed by atoms with Gasteiger partial charge >= 0.3 is 0 Å². The lowest BCUT2D eigenvalue weighted by Crippen LogP contribution is -2.26. The molecule has 0 aliphatic rings. The summed E-state index contributed by atoms with van der Waals surface area (Å²) < 4.78 is 6.18. The van der Waals surface area contributed by atoms with Crippen molar-refractivity contribution in [2.45, 2.75) is 40.3 Å². The fraction of sp³-hybridized carbons (Fsp3) is 0.350. The van der Waals surface area contributed by atoms with E-state index in [0.717, 1.165) is 40.2 Å². The summed E-state index contributed by atoms with van der Waals surface area (Å²) in [6.45, 7) is 7.75. The summed E-state index contributed by atoms with van der Waals surface area (Å²) in [6.07, 6.45) is 4.32. The fourth-order valence-corrected chi connectivity index (χ4v) is 3.99. The van der Waals surface area contributed by atoms with E-state index in [2.05, 4.69) is 41.5 Å². The Morgan fingerprint density at radius 1 is 1.26 bits per heavy atom. The van der Waals surface area contributed by atoms with Crippen molar-refractivity contribution in [3.8, 4) is 11.4 Å². The number of halogens is 2. The molecular formula is C20H22BrClN8O. The van der Waals surface area contributed by atoms with Crippen LogP contribution in [0.2, 0.25) is 5.02 Å². The van der Waals surface area contributed by atoms with Crippen molar-refractivity contribution in [3.63, 3.8) is 0 Å². The first kappa shape index (κ1) is 21.5. The van der Waals surface area contributed by atoms with Gasteiger partial charge in [0.2, 0.25) is 0 Å². The zero-order chi connectivity index (χ0) is 22.1. The zero-order valence-electron chi connectivity index (χ0n) is 17.4. The number of aromatic nitrogens is 7. The number of hydrogen-bond acceptors (Lipinski definition) is 5. The molecule has 31 heavy (non-hydrogen) atoms. The first-order valence-electron chi connectivity index (χ1n) is 9.94. The molecule has 11 heteroatoms. The third kappa shape index (κ3) is 4.22. The van der Waals surface area contributed by atoms with Gasteiger partial charge in [-0.2, -0.15) is 15.3 Å². The van der Waals surface area contributed by atoms with Crippen molar-refractivity contribution in [1.82, 2.24) is 39.5 Å². The van der Waals surface area contributed by atoms with Crippen LogP contribution in [0.3, 0.4) is 0 Å². The quantitative estimate of drug-likeness (QED) is 0.387. The van der Waals surface area contributed by atoms with Gasteiger partial charge in [0.05, 0.1) is 26.6 Å². The van der Waals surface area contributed by atoms with E-state index in [1.807, 2.05) is 42.4 Å². The zero-order valence-corrected chi connectivity index (χ0v) is 19.8. The fourth-order valence-electron chi connectivity index (χ4n) is 3.33. The average Bonchev–Trinajstić information content (AvgIpc) is 3.43. The minimum Gasteiger partial charge on any atom is -0.351 e. The van der Waals surface area contributed by atoms with Crippen molar-refractivity contribution in [2.24, 2.45) is 0 Å². The van der Waals surface area contributed by atoms with Gasteiger partial charge in [-0.3, -0.25) is 14.2 Å². The van der Waals surface area contributed by atoms with Crippen LogP contribution >= 0.6 is 27.5 Å². The maximum Gasteiger partial charge on any atom is 0.271 e. The van der Waals surface area contributed by atoms with E-state index in [-0.39, 0.29) is 5.91 Å². The number of hydrogen-bond donors (Lipinski definition) is 1. The summed E-state index contributed by atoms with van der Waals surface area (Å²) in [7, 11) is 0. The molecule has 0 saturated carbocycles. The van der Waals surface area contributed by atoms with E-state index >= 15 is 0 Å². The Labute approximate surface area is 192 Å². The van der Waals surface area contributed by atoms with E-state index < -0.39 is 0 Å². The predicted octanol–water partition coefficient (Wildman–Crippen LogP) is 3.66. The highest BCUT2D eigenvalue weighted by Gasteiger charge is 2.17. The smallest absolute Gasteiger partial charge is 0.271 e. The number of amides is 1. The topological polar surface area (TPSA) is 94.9 Å². The molecule has 4 aromatic heterocycles. The summed E-state index contributed by atoms with van der Waals surface area (Å²) in [4.78, 5) is 17.0. The summed E-state index contributed by atoms with van der Waals surface area (Å²) in [5.74, 6) is -0.249. The first-order chi connectivity index (χ1) is 14.9. The molecular weight excluding hydrogens is 484 g/mol. The van der Waals surface area contributed by atoms with Gasteiger partial charge < -0.3 is 5.32 Å². The highest BCUT2D eigenvalue weighted by Crippen LogP contribution is 2.27. The average molecular weight is 506 g/mol. The minimum absolute atomic E-state index is 0.249. The molecule has 4 rings (SSSR count). The van der Waals surface area contributed by atoms with Gasteiger partial charge in [-0.05, 0) is 49.2 Å². The molecule has 162 valence electrons. The largest absolute Gasteiger partial charge is 0.351 e. The van der Waals surface area contributed by atoms with Crippen LogP contribution in [0.1, 0.15) is 35.2 Å². The van der Waals surface area contributed by atoms with Gasteiger partial charge in [-0.1, -0.05) is 11.6 Å². The lowest BCUT2D eigenvalue weighted by molar-refractivity contribution is 0.0947. The maximum absolute atomic E-state index is 12.6. The Morgan fingerprint density at radius 3 is 2.74 bits per heavy atom. The first-order valence-corrected chi connectivity index (χ1v) is 11.1. The van der Waals surface area contributed by atoms with E-state index in [1.165, 1.54) is 0 Å². The van der Waals surface area contributed by atoms with Crippen molar-refractivity contribution in [2.75, 3.05) is 6.54 Å². The van der Waals surface area contributed by atoms with Crippen molar-refractivity contribution < 1.29 is 4.79 Å². The molecule has 0 aromatic carbocycles. The normalized spacial score (nSPS) is 11.4. The molecule has 0 fully saturated rings. The van der Waals surface area contributed by atoms with Gasteiger partial charge in [0.25, 0.3) is 5.91 Å². The Kier molecular flexibility index (Phi) is 6.10. The molecule has 9 nitrogen and oxygen atoms in total. The summed E-state index contributed by atoms with van der Waals surface area (Å²) in [6, 6.07) is 3.50. The second-order valence-corrected chi connectivity index (χ2v) is 8.36. The monoisotopic (exact) mass is 504 g/mol. The third-order valence-electron chi connectivity index (χ3n) is 5.00. The summed E-state index contributed by atoms with van der Waals surface area (Å²) >= 11 is 9.73. The van der Waals surface area contributed by atoms with E-state index in [9.17, 15) is 4.79 Å². The number of nitrogens with one attached hydrogen (secondary N) is 1. The molecule has 1 amide bonds. The molecule has 0 unspecified atom stereocenters. The van der Waals surface area contributed by atoms with Gasteiger partial charge in [-0.15, -0.1) is 0 Å². The number of carbonyl (C=O) groups is 1. The Hall–Kier alpha value is -2.72. The number of fused-ring (bicyclic) bond motifs is 1. The molecule has 0 saturated heterocycles. The second kappa shape index (κ2) is 8.80. The number of nitrogens with zero attached hydrogens (tertiary/aromatic N) is 7. The van der Waals surface area contributed by atoms with Gasteiger partial charge in [0.1, 0.15) is 5.69 Å². The van der Waals surface area contributed by atoms with Gasteiger partial charge in [-0.25, -0.2) is 9.50 Å². The van der Waals surface area contributed by atoms with Crippen LogP contribution in [0, 0.1) is 13.8 Å². The van der Waals surface area contributed by atoms with Crippen LogP contribution in [0.25, 0.3) is 17.0 Å². The number of carbonyl (C=O) groups excluding carboxylic acids is 1. The van der Waals surface area contributed by atoms with Crippen LogP contribution in [0.4, 0.5) is 0 Å². The van der Waals surface area contributed by atoms with E-state index in [4.69, 9.17) is 11.6 Å². The molecule has 0 aliphatic carbocycles. The van der Waals surface area contributed by atoms with E-state index in [1.54, 1.807) is 16.8 Å². The second-order valence-electron chi connectivity index (χ2n) is 7.13. The maximum atomic E-state index is 12.6. The van der Waals surface area contributed by atoms with Crippen molar-refractivity contribution in [3.05, 3.63) is 51.1 Å². The standard InChI is InChI=1S/C20H22BrClN8O/c1-4-28-11-14(21)19(27-28)16-6-8-23-17-10-15(26-30(16)17)20(31)24-7-5-9-29-13(3)18(22)12(2)25-29/h6,8,10-11H,4-5,7,9H2,1-3H3,(H,24,31). The van der Waals surface area contributed by atoms with Gasteiger partial charge in [0.15, 0.2) is 11.3 Å². The summed E-state index contributed by atoms with van der Waals surface area (Å²) in [5, 5.41) is 17.0. The number of aryl methyl sites for hydroxylation is 3. The Balaban J connectivity index is 1.46. The Bertz CT molecular complexity index is 1260. The Morgan fingerprint density at radius 2 is 2.06 bits per heavy atom. The minimum atomic E-state index is -0.249. The van der Waals surface area contributed by atoms with Crippen molar-refractivity contribution >= 4 is 39.1 Å². The highest BCUT2D eigenvalue weighted by atomic mass is 79.9.